The van der Waals surface area contributed by atoms with Gasteiger partial charge < -0.3 is 49.6 Å². The summed E-state index contributed by atoms with van der Waals surface area (Å²) in [6.07, 6.45) is 25.2. The lowest BCUT2D eigenvalue weighted by Gasteiger charge is -2.20. The van der Waals surface area contributed by atoms with Crippen molar-refractivity contribution in [3.05, 3.63) is 352 Å². The molecule has 16 heterocycles. The van der Waals surface area contributed by atoms with Crippen molar-refractivity contribution < 1.29 is 62.8 Å². The highest BCUT2D eigenvalue weighted by molar-refractivity contribution is 9.11. The van der Waals surface area contributed by atoms with Crippen LogP contribution in [-0.2, 0) is 46.2 Å². The van der Waals surface area contributed by atoms with Gasteiger partial charge >= 0.3 is 0 Å². The lowest BCUT2D eigenvalue weighted by molar-refractivity contribution is 0.172. The van der Waals surface area contributed by atoms with Crippen LogP contribution in [0, 0.1) is 24.4 Å². The Hall–Kier alpha value is -11.5. The fourth-order valence-electron chi connectivity index (χ4n) is 15.3. The summed E-state index contributed by atoms with van der Waals surface area (Å²) in [4.78, 5) is 60.1. The van der Waals surface area contributed by atoms with Crippen molar-refractivity contribution in [2.45, 2.75) is 53.2 Å². The van der Waals surface area contributed by atoms with E-state index in [9.17, 15) is 48.9 Å². The monoisotopic (exact) mass is 2500 g/mol. The van der Waals surface area contributed by atoms with Gasteiger partial charge in [0.05, 0.1) is 181 Å². The lowest BCUT2D eigenvalue weighted by Crippen LogP contribution is -2.16. The highest BCUT2D eigenvalue weighted by Crippen LogP contribution is 2.43. The van der Waals surface area contributed by atoms with E-state index >= 15 is 0 Å². The Kier molecular flexibility index (Phi) is 32.5. The maximum Gasteiger partial charge on any atom is 0.170 e. The molecule has 46 heteroatoms. The highest BCUT2D eigenvalue weighted by atomic mass is 79.9. The van der Waals surface area contributed by atoms with Crippen molar-refractivity contribution >= 4 is 224 Å². The van der Waals surface area contributed by atoms with E-state index in [4.69, 9.17) is 60.3 Å². The summed E-state index contributed by atoms with van der Waals surface area (Å²) in [5.41, 5.74) is 19.4. The summed E-state index contributed by atoms with van der Waals surface area (Å²) in [5.74, 6) is -0.501. The van der Waals surface area contributed by atoms with E-state index in [1.165, 1.54) is 18.3 Å². The first-order valence-electron chi connectivity index (χ1n) is 41.8. The first-order valence-corrected chi connectivity index (χ1v) is 49.7. The van der Waals surface area contributed by atoms with E-state index < -0.39 is 17.5 Å². The van der Waals surface area contributed by atoms with Gasteiger partial charge in [-0.25, -0.2) is 82.9 Å². The Labute approximate surface area is 888 Å². The molecule has 720 valence electrons. The zero-order valence-corrected chi connectivity index (χ0v) is 88.4. The summed E-state index contributed by atoms with van der Waals surface area (Å²) in [6, 6.07) is 39.9. The van der Waals surface area contributed by atoms with Crippen LogP contribution in [0.15, 0.2) is 274 Å². The van der Waals surface area contributed by atoms with Crippen LogP contribution in [0.2, 0.25) is 20.1 Å². The van der Waals surface area contributed by atoms with Gasteiger partial charge in [0.2, 0.25) is 0 Å². The second kappa shape index (κ2) is 45.2. The third kappa shape index (κ3) is 22.1. The van der Waals surface area contributed by atoms with Crippen LogP contribution >= 0.6 is 174 Å². The second-order valence-corrected chi connectivity index (χ2v) is 38.7. The number of halogens is 15. The molecule has 0 atom stereocenters. The van der Waals surface area contributed by atoms with Gasteiger partial charge in [-0.3, -0.25) is 30.8 Å². The molecular formula is C96H66Br8Cl4F3N21O10. The van der Waals surface area contributed by atoms with Gasteiger partial charge in [0, 0.05) is 113 Å². The van der Waals surface area contributed by atoms with E-state index in [-0.39, 0.29) is 57.5 Å². The molecule has 15 aromatic heterocycles. The molecule has 0 unspecified atom stereocenters. The highest BCUT2D eigenvalue weighted by Gasteiger charge is 2.27. The number of fused-ring (bicyclic) bond motifs is 9. The third-order valence-corrected chi connectivity index (χ3v) is 26.3. The van der Waals surface area contributed by atoms with E-state index in [0.717, 1.165) is 95.1 Å². The summed E-state index contributed by atoms with van der Waals surface area (Å²) in [6.45, 7) is 1.64. The van der Waals surface area contributed by atoms with Crippen LogP contribution in [0.5, 0.6) is 11.5 Å². The van der Waals surface area contributed by atoms with Gasteiger partial charge in [0.1, 0.15) is 68.5 Å². The summed E-state index contributed by atoms with van der Waals surface area (Å²) >= 11 is 50.4. The minimum absolute atomic E-state index is 0.0803. The van der Waals surface area contributed by atoms with Gasteiger partial charge in [-0.1, -0.05) is 92.7 Å². The molecule has 0 saturated carbocycles. The summed E-state index contributed by atoms with van der Waals surface area (Å²) in [7, 11) is 0. The number of aromatic nitrogens is 21. The fraction of sp³-hybridized carbons (Fsp3) is 0.104. The minimum atomic E-state index is -0.727. The first-order chi connectivity index (χ1) is 68.6. The third-order valence-electron chi connectivity index (χ3n) is 21.7. The number of imidazole rings is 7. The average molecular weight is 2510 g/mol. The number of aryl methyl sites for hydroxylation is 1. The average Bonchev–Trinajstić information content (AvgIpc) is 1.62. The molecule has 0 amide bonds. The molecule has 142 heavy (non-hydrogen) atoms. The van der Waals surface area contributed by atoms with Crippen LogP contribution in [0.3, 0.4) is 0 Å². The van der Waals surface area contributed by atoms with E-state index in [1.54, 1.807) is 143 Å². The lowest BCUT2D eigenvalue weighted by atomic mass is 10.1. The van der Waals surface area contributed by atoms with Gasteiger partial charge in [-0.15, -0.1) is 0 Å². The van der Waals surface area contributed by atoms with Gasteiger partial charge in [0.25, 0.3) is 0 Å². The Morgan fingerprint density at radius 3 is 1.08 bits per heavy atom. The largest absolute Gasteiger partial charge is 0.486 e. The molecule has 0 fully saturated rings. The quantitative estimate of drug-likeness (QED) is 0.0531. The Morgan fingerprint density at radius 1 is 0.324 bits per heavy atom. The maximum atomic E-state index is 14.2. The van der Waals surface area contributed by atoms with Crippen LogP contribution in [0.1, 0.15) is 45.4 Å². The zero-order chi connectivity index (χ0) is 100. The van der Waals surface area contributed by atoms with Gasteiger partial charge in [-0.05, 0) is 227 Å². The van der Waals surface area contributed by atoms with E-state index in [2.05, 4.69) is 197 Å². The van der Waals surface area contributed by atoms with Crippen molar-refractivity contribution in [2.75, 3.05) is 13.2 Å². The molecule has 1 aliphatic rings. The number of para-hydroxylation sites is 1. The fourth-order valence-corrected chi connectivity index (χ4v) is 18.5. The molecule has 1 aliphatic heterocycles. The Bertz CT molecular complexity index is 8230. The molecule has 0 saturated heterocycles. The van der Waals surface area contributed by atoms with Gasteiger partial charge in [0.15, 0.2) is 51.0 Å². The normalized spacial score (nSPS) is 11.6. The second-order valence-electron chi connectivity index (χ2n) is 30.4. The predicted molar refractivity (Wildman–Crippen MR) is 557 cm³/mol. The smallest absolute Gasteiger partial charge is 0.170 e. The number of benzene rings is 7. The number of aliphatic hydroxyl groups is 7. The molecule has 0 radical (unpaired) electrons. The zero-order valence-electron chi connectivity index (χ0n) is 72.7. The molecule has 0 aliphatic carbocycles. The van der Waals surface area contributed by atoms with Crippen LogP contribution in [0.4, 0.5) is 13.2 Å². The SMILES string of the molecule is Cc1cc(-c2nc3cnc(Br)cn3c2CO)c(F)cc1Cl.OCc1c(-c2ccc(Br)cc2)nc2cnc(Br)cn12.OCc1c(-c2ccc(Cl)cc2)nc2cnc(Br)cn12.OCc1c(-c2ccc(Cl)cc2Cl)nc2cnc(Br)cn12.OCc1c(-c2ccc(F)cc2F)nc2cnc(Br)cn12.OCc1c(-c2ccc3occc3c2)nc2cnc(Br)cn12.OCc1c(-c2cccc3c2OCCO3)nc2cnc(Br)cn12. The van der Waals surface area contributed by atoms with E-state index in [0.29, 0.717) is 162 Å². The number of nitrogens with zero attached hydrogens (tertiary/aromatic N) is 21. The number of ether oxygens (including phenoxy) is 2. The first kappa shape index (κ1) is 102. The van der Waals surface area contributed by atoms with Crippen molar-refractivity contribution in [1.29, 1.82) is 0 Å². The van der Waals surface area contributed by atoms with Crippen molar-refractivity contribution in [1.82, 2.24) is 101 Å². The van der Waals surface area contributed by atoms with Crippen LogP contribution < -0.4 is 9.47 Å². The molecule has 22 aromatic rings. The van der Waals surface area contributed by atoms with Crippen molar-refractivity contribution in [2.24, 2.45) is 0 Å². The number of rotatable bonds is 14. The summed E-state index contributed by atoms with van der Waals surface area (Å²) in [5, 5.41) is 70.6. The van der Waals surface area contributed by atoms with Crippen molar-refractivity contribution in [3.8, 4) is 90.3 Å². The number of aliphatic hydroxyl groups excluding tert-OH is 7. The topological polar surface area (TPSA) is 385 Å². The molecule has 0 bridgehead atoms. The van der Waals surface area contributed by atoms with Crippen molar-refractivity contribution in [3.63, 3.8) is 0 Å². The maximum absolute atomic E-state index is 14.2. The number of hydrogen-bond donors (Lipinski definition) is 7. The van der Waals surface area contributed by atoms with Gasteiger partial charge in [-0.2, -0.15) is 0 Å². The summed E-state index contributed by atoms with van der Waals surface area (Å²) < 4.78 is 75.7. The predicted octanol–water partition coefficient (Wildman–Crippen LogP) is 23.2. The number of furan rings is 1. The molecule has 23 rings (SSSR count). The molecule has 31 nitrogen and oxygen atoms in total. The molecule has 7 N–H and O–H groups in total. The van der Waals surface area contributed by atoms with E-state index in [1.807, 2.05) is 96.5 Å². The van der Waals surface area contributed by atoms with Crippen LogP contribution in [0.25, 0.3) is 129 Å². The molecule has 7 aromatic carbocycles. The standard InChI is InChI=1S/C15H12BrN3O3.C15H10BrN3O2.C14H10BrClFN3O.C13H9Br2N3O.C13H8BrCl2N3O.C13H9BrClN3O.C13H8BrF2N3O/c16-12-7-19-10(8-20)14(18-13(19)6-17-12)9-2-1-3-11-15(9)22-5-4-21-11;16-13-7-19-11(8-20)15(18-14(19)6-17-13)10-1-2-12-9(5-10)3-4-21-12;1-7-2-8(10(17)3-9(7)16)14-11(6-21)20-5-12(15)18-4-13(20)19-14;14-9-3-1-8(2-4-9)13-10(7-19)18-6-11(15)16-5-12(18)17-13;14-11-5-19-10(6-20)13(18-12(19)4-17-11)8-2-1-7(15)3-9(8)16;14-11-6-18-10(7-19)13(17-12(18)5-16-11)8-1-3-9(15)4-2-8;14-11-5-19-10(6-20)13(18-12(19)4-17-11)8-2-1-7(15)3-9(8)16/h1-3,6-7,20H,4-5,8H2;1-7,20H,8H2;2-5,21H,6H2,1H3;1-6,19H,7H2;1-5,20H,6H2;1-6,19H,7H2;1-5,20H,6H2. The van der Waals surface area contributed by atoms with Crippen LogP contribution in [-0.4, -0.2) is 150 Å². The molecular weight excluding hydrogens is 2450 g/mol. The number of hydrogen-bond acceptors (Lipinski definition) is 24. The minimum Gasteiger partial charge on any atom is -0.486 e. The molecule has 0 spiro atoms. The Morgan fingerprint density at radius 2 is 0.669 bits per heavy atom. The Balaban J connectivity index is 0.000000114.